The Labute approximate surface area is 110 Å². The highest BCUT2D eigenvalue weighted by Gasteiger charge is 2.20. The van der Waals surface area contributed by atoms with Gasteiger partial charge in [-0.3, -0.25) is 4.90 Å². The molecule has 18 heavy (non-hydrogen) atoms. The minimum atomic E-state index is -0.499. The molecular weight excluding hydrogens is 230 g/mol. The SMILES string of the molecule is C#CCN(CCCCCCO)C(=O)OC(C)(C)C. The van der Waals surface area contributed by atoms with Gasteiger partial charge < -0.3 is 9.84 Å². The number of amides is 1. The minimum Gasteiger partial charge on any atom is -0.444 e. The highest BCUT2D eigenvalue weighted by atomic mass is 16.6. The molecule has 0 bridgehead atoms. The number of hydrogen-bond acceptors (Lipinski definition) is 3. The van der Waals surface area contributed by atoms with Crippen LogP contribution in [0.25, 0.3) is 0 Å². The summed E-state index contributed by atoms with van der Waals surface area (Å²) in [7, 11) is 0. The van der Waals surface area contributed by atoms with Gasteiger partial charge in [-0.25, -0.2) is 4.79 Å². The molecule has 0 atom stereocenters. The zero-order valence-corrected chi connectivity index (χ0v) is 11.7. The maximum Gasteiger partial charge on any atom is 0.411 e. The lowest BCUT2D eigenvalue weighted by atomic mass is 10.2. The second kappa shape index (κ2) is 8.82. The van der Waals surface area contributed by atoms with Gasteiger partial charge in [-0.1, -0.05) is 18.8 Å². The lowest BCUT2D eigenvalue weighted by Crippen LogP contribution is -2.37. The molecule has 0 fully saturated rings. The summed E-state index contributed by atoms with van der Waals surface area (Å²) in [5.74, 6) is 2.47. The number of unbranched alkanes of at least 4 members (excludes halogenated alkanes) is 3. The van der Waals surface area contributed by atoms with Crippen molar-refractivity contribution in [1.29, 1.82) is 0 Å². The summed E-state index contributed by atoms with van der Waals surface area (Å²) in [5, 5.41) is 8.66. The quantitative estimate of drug-likeness (QED) is 0.561. The van der Waals surface area contributed by atoms with Crippen molar-refractivity contribution in [3.05, 3.63) is 0 Å². The van der Waals surface area contributed by atoms with Crippen LogP contribution in [0.5, 0.6) is 0 Å². The number of carbonyl (C=O) groups is 1. The van der Waals surface area contributed by atoms with E-state index in [2.05, 4.69) is 5.92 Å². The number of hydrogen-bond donors (Lipinski definition) is 1. The molecule has 0 aliphatic rings. The minimum absolute atomic E-state index is 0.222. The standard InChI is InChI=1S/C14H25NO3/c1-5-10-15(11-8-6-7-9-12-16)13(17)18-14(2,3)4/h1,16H,6-12H2,2-4H3. The first-order valence-corrected chi connectivity index (χ1v) is 6.43. The van der Waals surface area contributed by atoms with Gasteiger partial charge in [-0.05, 0) is 33.6 Å². The highest BCUT2D eigenvalue weighted by molar-refractivity contribution is 5.68. The molecule has 0 aromatic rings. The zero-order chi connectivity index (χ0) is 14.0. The van der Waals surface area contributed by atoms with E-state index in [1.54, 1.807) is 4.90 Å². The van der Waals surface area contributed by atoms with Crippen molar-refractivity contribution in [2.75, 3.05) is 19.7 Å². The van der Waals surface area contributed by atoms with E-state index in [1.807, 2.05) is 20.8 Å². The molecule has 4 heteroatoms. The first-order valence-electron chi connectivity index (χ1n) is 6.43. The van der Waals surface area contributed by atoms with Crippen molar-refractivity contribution in [1.82, 2.24) is 4.90 Å². The highest BCUT2D eigenvalue weighted by Crippen LogP contribution is 2.11. The molecular formula is C14H25NO3. The van der Waals surface area contributed by atoms with Crippen LogP contribution in [0.15, 0.2) is 0 Å². The number of rotatable bonds is 7. The Morgan fingerprint density at radius 1 is 1.28 bits per heavy atom. The molecule has 0 aromatic carbocycles. The van der Waals surface area contributed by atoms with Crippen LogP contribution in [0.2, 0.25) is 0 Å². The van der Waals surface area contributed by atoms with Crippen LogP contribution in [0.1, 0.15) is 46.5 Å². The number of nitrogens with zero attached hydrogens (tertiary/aromatic N) is 1. The summed E-state index contributed by atoms with van der Waals surface area (Å²) >= 11 is 0. The van der Waals surface area contributed by atoms with Crippen molar-refractivity contribution in [3.8, 4) is 12.3 Å². The number of aliphatic hydroxyl groups excluding tert-OH is 1. The Balaban J connectivity index is 4.06. The fraction of sp³-hybridized carbons (Fsp3) is 0.786. The van der Waals surface area contributed by atoms with Gasteiger partial charge in [0.05, 0.1) is 6.54 Å². The van der Waals surface area contributed by atoms with Crippen molar-refractivity contribution in [3.63, 3.8) is 0 Å². The predicted octanol–water partition coefficient (Wildman–Crippen LogP) is 2.41. The molecule has 104 valence electrons. The van der Waals surface area contributed by atoms with E-state index >= 15 is 0 Å². The van der Waals surface area contributed by atoms with E-state index in [0.29, 0.717) is 6.54 Å². The van der Waals surface area contributed by atoms with Crippen molar-refractivity contribution in [2.45, 2.75) is 52.1 Å². The lowest BCUT2D eigenvalue weighted by Gasteiger charge is -2.26. The van der Waals surface area contributed by atoms with E-state index < -0.39 is 5.60 Å². The van der Waals surface area contributed by atoms with E-state index in [9.17, 15) is 4.79 Å². The van der Waals surface area contributed by atoms with Gasteiger partial charge in [0.25, 0.3) is 0 Å². The molecule has 0 aromatic heterocycles. The predicted molar refractivity (Wildman–Crippen MR) is 72.2 cm³/mol. The lowest BCUT2D eigenvalue weighted by molar-refractivity contribution is 0.0272. The smallest absolute Gasteiger partial charge is 0.411 e. The fourth-order valence-electron chi connectivity index (χ4n) is 1.44. The molecule has 0 aliphatic heterocycles. The van der Waals surface area contributed by atoms with Crippen molar-refractivity contribution < 1.29 is 14.6 Å². The summed E-state index contributed by atoms with van der Waals surface area (Å²) in [5.41, 5.74) is -0.499. The zero-order valence-electron chi connectivity index (χ0n) is 11.7. The molecule has 0 rings (SSSR count). The van der Waals surface area contributed by atoms with Gasteiger partial charge in [0.1, 0.15) is 5.60 Å². The number of ether oxygens (including phenoxy) is 1. The van der Waals surface area contributed by atoms with Gasteiger partial charge in [-0.15, -0.1) is 6.42 Å². The molecule has 0 spiro atoms. The maximum atomic E-state index is 11.8. The van der Waals surface area contributed by atoms with Crippen LogP contribution < -0.4 is 0 Å². The molecule has 4 nitrogen and oxygen atoms in total. The first kappa shape index (κ1) is 16.8. The molecule has 1 N–H and O–H groups in total. The van der Waals surface area contributed by atoms with Crippen molar-refractivity contribution >= 4 is 6.09 Å². The van der Waals surface area contributed by atoms with Gasteiger partial charge in [-0.2, -0.15) is 0 Å². The number of terminal acetylenes is 1. The number of aliphatic hydroxyl groups is 1. The third-order valence-corrected chi connectivity index (χ3v) is 2.27. The summed E-state index contributed by atoms with van der Waals surface area (Å²) in [4.78, 5) is 13.4. The molecule has 0 radical (unpaired) electrons. The monoisotopic (exact) mass is 255 g/mol. The second-order valence-electron chi connectivity index (χ2n) is 5.24. The van der Waals surface area contributed by atoms with Gasteiger partial charge in [0.2, 0.25) is 0 Å². The van der Waals surface area contributed by atoms with Crippen LogP contribution in [0, 0.1) is 12.3 Å². The van der Waals surface area contributed by atoms with Gasteiger partial charge in [0.15, 0.2) is 0 Å². The molecule has 0 heterocycles. The molecule has 0 saturated carbocycles. The van der Waals surface area contributed by atoms with Crippen LogP contribution in [0.4, 0.5) is 4.79 Å². The van der Waals surface area contributed by atoms with Crippen LogP contribution in [-0.4, -0.2) is 41.4 Å². The Hall–Kier alpha value is -1.21. The molecule has 0 aliphatic carbocycles. The number of carbonyl (C=O) groups excluding carboxylic acids is 1. The maximum absolute atomic E-state index is 11.8. The van der Waals surface area contributed by atoms with Crippen molar-refractivity contribution in [2.24, 2.45) is 0 Å². The summed E-state index contributed by atoms with van der Waals surface area (Å²) in [6, 6.07) is 0. The van der Waals surface area contributed by atoms with Crippen LogP contribution in [0.3, 0.4) is 0 Å². The Bertz CT molecular complexity index is 276. The first-order chi connectivity index (χ1) is 8.40. The topological polar surface area (TPSA) is 49.8 Å². The summed E-state index contributed by atoms with van der Waals surface area (Å²) in [6.45, 7) is 6.60. The Kier molecular flexibility index (Phi) is 8.23. The third-order valence-electron chi connectivity index (χ3n) is 2.27. The largest absolute Gasteiger partial charge is 0.444 e. The summed E-state index contributed by atoms with van der Waals surface area (Å²) < 4.78 is 5.28. The molecule has 0 unspecified atom stereocenters. The van der Waals surface area contributed by atoms with E-state index in [4.69, 9.17) is 16.3 Å². The van der Waals surface area contributed by atoms with E-state index in [-0.39, 0.29) is 19.2 Å². The van der Waals surface area contributed by atoms with Crippen LogP contribution in [-0.2, 0) is 4.74 Å². The van der Waals surface area contributed by atoms with E-state index in [0.717, 1.165) is 25.7 Å². The summed E-state index contributed by atoms with van der Waals surface area (Å²) in [6.07, 6.45) is 8.52. The Morgan fingerprint density at radius 3 is 2.39 bits per heavy atom. The molecule has 0 saturated heterocycles. The van der Waals surface area contributed by atoms with E-state index in [1.165, 1.54) is 0 Å². The van der Waals surface area contributed by atoms with Crippen LogP contribution >= 0.6 is 0 Å². The fourth-order valence-corrected chi connectivity index (χ4v) is 1.44. The second-order valence-corrected chi connectivity index (χ2v) is 5.24. The molecule has 1 amide bonds. The Morgan fingerprint density at radius 2 is 1.89 bits per heavy atom. The van der Waals surface area contributed by atoms with Gasteiger partial charge in [0, 0.05) is 13.2 Å². The third kappa shape index (κ3) is 8.89. The van der Waals surface area contributed by atoms with Gasteiger partial charge >= 0.3 is 6.09 Å². The normalized spacial score (nSPS) is 10.8. The average Bonchev–Trinajstić information content (AvgIpc) is 2.25. The average molecular weight is 255 g/mol.